The Kier molecular flexibility index (Phi) is 4.16. The molecule has 0 aromatic carbocycles. The third-order valence-electron chi connectivity index (χ3n) is 3.75. The van der Waals surface area contributed by atoms with Crippen LogP contribution < -0.4 is 11.1 Å². The molecule has 1 aromatic heterocycles. The molecule has 0 saturated heterocycles. The van der Waals surface area contributed by atoms with E-state index in [1.54, 1.807) is 6.92 Å². The minimum Gasteiger partial charge on any atom is -0.369 e. The van der Waals surface area contributed by atoms with E-state index in [2.05, 4.69) is 10.3 Å². The van der Waals surface area contributed by atoms with Gasteiger partial charge in [0.15, 0.2) is 0 Å². The molecule has 20 heavy (non-hydrogen) atoms. The number of pyridine rings is 1. The lowest BCUT2D eigenvalue weighted by Gasteiger charge is -2.28. The van der Waals surface area contributed by atoms with Crippen molar-refractivity contribution in [3.05, 3.63) is 27.9 Å². The first kappa shape index (κ1) is 14.2. The first-order chi connectivity index (χ1) is 9.47. The largest absolute Gasteiger partial charge is 0.369 e. The summed E-state index contributed by atoms with van der Waals surface area (Å²) in [6.45, 7) is 1.79. The molecule has 2 rings (SSSR count). The van der Waals surface area contributed by atoms with Crippen LogP contribution in [0.5, 0.6) is 0 Å². The van der Waals surface area contributed by atoms with E-state index in [0.29, 0.717) is 5.82 Å². The molecular weight excluding hydrogens is 260 g/mol. The molecule has 1 heterocycles. The van der Waals surface area contributed by atoms with Crippen LogP contribution in [0, 0.1) is 23.0 Å². The van der Waals surface area contributed by atoms with Gasteiger partial charge in [0.2, 0.25) is 5.91 Å². The molecule has 1 aliphatic rings. The zero-order valence-electron chi connectivity index (χ0n) is 11.3. The quantitative estimate of drug-likeness (QED) is 0.643. The number of hydrogen-bond donors (Lipinski definition) is 2. The van der Waals surface area contributed by atoms with Crippen molar-refractivity contribution >= 4 is 17.4 Å². The molecule has 0 unspecified atom stereocenters. The Morgan fingerprint density at radius 2 is 2.10 bits per heavy atom. The summed E-state index contributed by atoms with van der Waals surface area (Å²) in [4.78, 5) is 25.4. The van der Waals surface area contributed by atoms with Crippen LogP contribution in [0.15, 0.2) is 12.3 Å². The molecule has 7 heteroatoms. The van der Waals surface area contributed by atoms with Crippen LogP contribution in [0.25, 0.3) is 0 Å². The molecular formula is C13H18N4O3. The van der Waals surface area contributed by atoms with E-state index in [-0.39, 0.29) is 23.6 Å². The topological polar surface area (TPSA) is 111 Å². The average Bonchev–Trinajstić information content (AvgIpc) is 2.41. The first-order valence-corrected chi connectivity index (χ1v) is 6.64. The second-order valence-corrected chi connectivity index (χ2v) is 5.21. The number of carbonyl (C=O) groups excluding carboxylic acids is 1. The first-order valence-electron chi connectivity index (χ1n) is 6.64. The molecule has 0 spiro atoms. The van der Waals surface area contributed by atoms with E-state index >= 15 is 0 Å². The molecule has 1 aromatic rings. The highest BCUT2D eigenvalue weighted by Gasteiger charge is 2.25. The van der Waals surface area contributed by atoms with Crippen LogP contribution in [0.1, 0.15) is 31.2 Å². The van der Waals surface area contributed by atoms with Crippen LogP contribution in [0.3, 0.4) is 0 Å². The maximum atomic E-state index is 11.1. The van der Waals surface area contributed by atoms with Gasteiger partial charge in [-0.25, -0.2) is 4.98 Å². The highest BCUT2D eigenvalue weighted by atomic mass is 16.6. The SMILES string of the molecule is Cc1cc([N+](=O)[O-])cnc1NC1CCC(C(N)=O)CC1. The molecule has 0 radical (unpaired) electrons. The van der Waals surface area contributed by atoms with Gasteiger partial charge in [0.05, 0.1) is 4.92 Å². The Morgan fingerprint density at radius 3 is 2.60 bits per heavy atom. The predicted octanol–water partition coefficient (Wildman–Crippen LogP) is 1.75. The Labute approximate surface area is 116 Å². The molecule has 1 fully saturated rings. The van der Waals surface area contributed by atoms with Crippen molar-refractivity contribution in [3.8, 4) is 0 Å². The van der Waals surface area contributed by atoms with Crippen molar-refractivity contribution in [2.24, 2.45) is 11.7 Å². The number of anilines is 1. The van der Waals surface area contributed by atoms with E-state index < -0.39 is 4.92 Å². The predicted molar refractivity (Wildman–Crippen MR) is 74.2 cm³/mol. The fourth-order valence-electron chi connectivity index (χ4n) is 2.53. The second kappa shape index (κ2) is 5.85. The van der Waals surface area contributed by atoms with E-state index in [4.69, 9.17) is 5.73 Å². The number of rotatable bonds is 4. The van der Waals surface area contributed by atoms with Gasteiger partial charge < -0.3 is 11.1 Å². The van der Waals surface area contributed by atoms with Crippen LogP contribution in [0.4, 0.5) is 11.5 Å². The number of nitrogens with one attached hydrogen (secondary N) is 1. The van der Waals surface area contributed by atoms with Gasteiger partial charge in [-0.15, -0.1) is 0 Å². The Bertz CT molecular complexity index is 524. The number of primary amides is 1. The lowest BCUT2D eigenvalue weighted by Crippen LogP contribution is -2.32. The van der Waals surface area contributed by atoms with E-state index in [0.717, 1.165) is 31.2 Å². The zero-order chi connectivity index (χ0) is 14.7. The Hall–Kier alpha value is -2.18. The van der Waals surface area contributed by atoms with E-state index in [9.17, 15) is 14.9 Å². The van der Waals surface area contributed by atoms with Gasteiger partial charge in [-0.3, -0.25) is 14.9 Å². The molecule has 1 aliphatic carbocycles. The second-order valence-electron chi connectivity index (χ2n) is 5.21. The summed E-state index contributed by atoms with van der Waals surface area (Å²) >= 11 is 0. The fraction of sp³-hybridized carbons (Fsp3) is 0.538. The lowest BCUT2D eigenvalue weighted by atomic mass is 9.85. The minimum atomic E-state index is -0.457. The molecule has 3 N–H and O–H groups in total. The van der Waals surface area contributed by atoms with Gasteiger partial charge in [0, 0.05) is 18.0 Å². The molecule has 108 valence electrons. The summed E-state index contributed by atoms with van der Waals surface area (Å²) in [5.41, 5.74) is 6.04. The maximum Gasteiger partial charge on any atom is 0.287 e. The summed E-state index contributed by atoms with van der Waals surface area (Å²) in [5, 5.41) is 13.9. The standard InChI is InChI=1S/C13H18N4O3/c1-8-6-11(17(19)20)7-15-13(8)16-10-4-2-9(3-5-10)12(14)18/h6-7,9-10H,2-5H2,1H3,(H2,14,18)(H,15,16). The normalized spacial score (nSPS) is 22.2. The number of nitrogens with zero attached hydrogens (tertiary/aromatic N) is 2. The number of aromatic nitrogens is 1. The van der Waals surface area contributed by atoms with Crippen molar-refractivity contribution < 1.29 is 9.72 Å². The fourth-order valence-corrected chi connectivity index (χ4v) is 2.53. The van der Waals surface area contributed by atoms with Crippen molar-refractivity contribution in [1.29, 1.82) is 0 Å². The van der Waals surface area contributed by atoms with E-state index in [1.807, 2.05) is 0 Å². The minimum absolute atomic E-state index is 0.00881. The molecule has 0 aliphatic heterocycles. The molecule has 1 amide bonds. The van der Waals surface area contributed by atoms with Crippen LogP contribution in [0.2, 0.25) is 0 Å². The molecule has 1 saturated carbocycles. The summed E-state index contributed by atoms with van der Waals surface area (Å²) in [7, 11) is 0. The number of aryl methyl sites for hydroxylation is 1. The van der Waals surface area contributed by atoms with E-state index in [1.165, 1.54) is 12.3 Å². The Balaban J connectivity index is 1.98. The van der Waals surface area contributed by atoms with Crippen LogP contribution in [-0.2, 0) is 4.79 Å². The zero-order valence-corrected chi connectivity index (χ0v) is 11.3. The Morgan fingerprint density at radius 1 is 1.45 bits per heavy atom. The third-order valence-corrected chi connectivity index (χ3v) is 3.75. The number of amides is 1. The van der Waals surface area contributed by atoms with Crippen molar-refractivity contribution in [3.63, 3.8) is 0 Å². The smallest absolute Gasteiger partial charge is 0.287 e. The summed E-state index contributed by atoms with van der Waals surface area (Å²) in [6, 6.07) is 1.74. The average molecular weight is 278 g/mol. The highest BCUT2D eigenvalue weighted by Crippen LogP contribution is 2.27. The van der Waals surface area contributed by atoms with Crippen molar-refractivity contribution in [1.82, 2.24) is 4.98 Å². The lowest BCUT2D eigenvalue weighted by molar-refractivity contribution is -0.385. The molecule has 7 nitrogen and oxygen atoms in total. The van der Waals surface area contributed by atoms with Gasteiger partial charge in [-0.1, -0.05) is 0 Å². The van der Waals surface area contributed by atoms with Crippen LogP contribution in [-0.4, -0.2) is 21.9 Å². The van der Waals surface area contributed by atoms with Gasteiger partial charge in [-0.2, -0.15) is 0 Å². The maximum absolute atomic E-state index is 11.1. The summed E-state index contributed by atoms with van der Waals surface area (Å²) in [5.74, 6) is 0.408. The number of nitro groups is 1. The van der Waals surface area contributed by atoms with Gasteiger partial charge in [-0.05, 0) is 38.2 Å². The number of hydrogen-bond acceptors (Lipinski definition) is 5. The molecule has 0 bridgehead atoms. The summed E-state index contributed by atoms with van der Waals surface area (Å²) < 4.78 is 0. The molecule has 0 atom stereocenters. The van der Waals surface area contributed by atoms with Crippen molar-refractivity contribution in [2.45, 2.75) is 38.6 Å². The van der Waals surface area contributed by atoms with Crippen molar-refractivity contribution in [2.75, 3.05) is 5.32 Å². The monoisotopic (exact) mass is 278 g/mol. The summed E-state index contributed by atoms with van der Waals surface area (Å²) in [6.07, 6.45) is 4.51. The highest BCUT2D eigenvalue weighted by molar-refractivity contribution is 5.76. The van der Waals surface area contributed by atoms with Gasteiger partial charge in [0.25, 0.3) is 5.69 Å². The number of carbonyl (C=O) groups is 1. The van der Waals surface area contributed by atoms with Gasteiger partial charge >= 0.3 is 0 Å². The third kappa shape index (κ3) is 3.23. The number of nitrogens with two attached hydrogens (primary N) is 1. The van der Waals surface area contributed by atoms with Crippen LogP contribution >= 0.6 is 0 Å². The van der Waals surface area contributed by atoms with Gasteiger partial charge in [0.1, 0.15) is 12.0 Å².